The second-order valence-corrected chi connectivity index (χ2v) is 4.31. The Morgan fingerprint density at radius 2 is 2.38 bits per heavy atom. The molecule has 16 heavy (non-hydrogen) atoms. The van der Waals surface area contributed by atoms with Gasteiger partial charge in [0.25, 0.3) is 0 Å². The zero-order valence-corrected chi connectivity index (χ0v) is 9.23. The van der Waals surface area contributed by atoms with Crippen molar-refractivity contribution in [1.29, 1.82) is 0 Å². The average molecular weight is 214 g/mol. The molecule has 0 heterocycles. The van der Waals surface area contributed by atoms with Gasteiger partial charge in [-0.2, -0.15) is 0 Å². The monoisotopic (exact) mass is 214 g/mol. The average Bonchev–Trinajstić information content (AvgIpc) is 2.56. The molecular formula is C14H14O2. The fraction of sp³-hybridized carbons (Fsp3) is 0.357. The van der Waals surface area contributed by atoms with E-state index in [-0.39, 0.29) is 18.1 Å². The minimum absolute atomic E-state index is 0.0257. The molecule has 0 aliphatic heterocycles. The van der Waals surface area contributed by atoms with Crippen molar-refractivity contribution < 1.29 is 9.90 Å². The molecule has 1 aliphatic carbocycles. The first-order valence-corrected chi connectivity index (χ1v) is 5.38. The van der Waals surface area contributed by atoms with Crippen LogP contribution in [0.1, 0.15) is 27.9 Å². The molecule has 1 aromatic carbocycles. The molecule has 82 valence electrons. The van der Waals surface area contributed by atoms with Crippen LogP contribution in [0.5, 0.6) is 0 Å². The number of aliphatic hydroxyl groups is 1. The zero-order chi connectivity index (χ0) is 11.7. The number of hydrogen-bond acceptors (Lipinski definition) is 2. The maximum absolute atomic E-state index is 12.0. The Hall–Kier alpha value is -1.59. The number of carbonyl (C=O) groups excluding carboxylic acids is 1. The Labute approximate surface area is 95.3 Å². The lowest BCUT2D eigenvalue weighted by Gasteiger charge is -2.13. The van der Waals surface area contributed by atoms with Crippen molar-refractivity contribution in [2.24, 2.45) is 5.92 Å². The number of terminal acetylenes is 1. The third-order valence-electron chi connectivity index (χ3n) is 3.09. The van der Waals surface area contributed by atoms with Crippen molar-refractivity contribution >= 4 is 5.78 Å². The standard InChI is InChI=1S/C14H14O2/c1-3-4-13(15)12-8-10-7-9(2)5-6-11(10)14(12)16/h1,5-7,12-13,15H,4,8H2,2H3. The van der Waals surface area contributed by atoms with E-state index in [1.165, 1.54) is 0 Å². The van der Waals surface area contributed by atoms with E-state index < -0.39 is 6.10 Å². The highest BCUT2D eigenvalue weighted by Gasteiger charge is 2.34. The SMILES string of the molecule is C#CCC(O)C1Cc2cc(C)ccc2C1=O. The second-order valence-electron chi connectivity index (χ2n) is 4.31. The number of carbonyl (C=O) groups is 1. The maximum atomic E-state index is 12.0. The van der Waals surface area contributed by atoms with E-state index in [1.54, 1.807) is 0 Å². The predicted molar refractivity (Wildman–Crippen MR) is 62.2 cm³/mol. The van der Waals surface area contributed by atoms with Crippen molar-refractivity contribution in [2.45, 2.75) is 25.9 Å². The highest BCUT2D eigenvalue weighted by Crippen LogP contribution is 2.30. The predicted octanol–water partition coefficient (Wildman–Crippen LogP) is 1.73. The molecule has 2 unspecified atom stereocenters. The summed E-state index contributed by atoms with van der Waals surface area (Å²) >= 11 is 0. The molecule has 2 nitrogen and oxygen atoms in total. The number of rotatable bonds is 2. The normalized spacial score (nSPS) is 20.3. The fourth-order valence-corrected chi connectivity index (χ4v) is 2.23. The van der Waals surface area contributed by atoms with Gasteiger partial charge in [-0.05, 0) is 18.9 Å². The summed E-state index contributed by atoms with van der Waals surface area (Å²) in [5.41, 5.74) is 2.91. The quantitative estimate of drug-likeness (QED) is 0.761. The number of aryl methyl sites for hydroxylation is 1. The molecule has 0 spiro atoms. The summed E-state index contributed by atoms with van der Waals surface area (Å²) in [5, 5.41) is 9.80. The Bertz CT molecular complexity index is 468. The topological polar surface area (TPSA) is 37.3 Å². The van der Waals surface area contributed by atoms with E-state index in [0.29, 0.717) is 6.42 Å². The summed E-state index contributed by atoms with van der Waals surface area (Å²) in [6.07, 6.45) is 5.28. The van der Waals surface area contributed by atoms with E-state index in [1.807, 2.05) is 25.1 Å². The number of ketones is 1. The highest BCUT2D eigenvalue weighted by molar-refractivity contribution is 6.02. The summed E-state index contributed by atoms with van der Waals surface area (Å²) < 4.78 is 0. The summed E-state index contributed by atoms with van der Waals surface area (Å²) in [7, 11) is 0. The second kappa shape index (κ2) is 4.11. The molecule has 2 atom stereocenters. The molecule has 1 aliphatic rings. The van der Waals surface area contributed by atoms with Gasteiger partial charge in [0.2, 0.25) is 0 Å². The number of hydrogen-bond donors (Lipinski definition) is 1. The van der Waals surface area contributed by atoms with Gasteiger partial charge in [-0.3, -0.25) is 4.79 Å². The van der Waals surface area contributed by atoms with Crippen LogP contribution in [0, 0.1) is 25.2 Å². The molecule has 0 radical (unpaired) electrons. The van der Waals surface area contributed by atoms with Gasteiger partial charge >= 0.3 is 0 Å². The third kappa shape index (κ3) is 1.75. The first-order valence-electron chi connectivity index (χ1n) is 5.38. The Balaban J connectivity index is 2.28. The highest BCUT2D eigenvalue weighted by atomic mass is 16.3. The van der Waals surface area contributed by atoms with E-state index in [4.69, 9.17) is 6.42 Å². The minimum Gasteiger partial charge on any atom is -0.391 e. The van der Waals surface area contributed by atoms with Crippen molar-refractivity contribution in [2.75, 3.05) is 0 Å². The molecule has 0 aromatic heterocycles. The minimum atomic E-state index is -0.717. The van der Waals surface area contributed by atoms with E-state index in [0.717, 1.165) is 16.7 Å². The summed E-state index contributed by atoms with van der Waals surface area (Å²) in [6.45, 7) is 2.00. The van der Waals surface area contributed by atoms with Gasteiger partial charge in [-0.25, -0.2) is 0 Å². The molecule has 0 bridgehead atoms. The van der Waals surface area contributed by atoms with Gasteiger partial charge in [0.15, 0.2) is 5.78 Å². The number of Topliss-reactive ketones (excluding diaryl/α,β-unsaturated/α-hetero) is 1. The van der Waals surface area contributed by atoms with Gasteiger partial charge in [-0.1, -0.05) is 23.8 Å². The molecule has 2 rings (SSSR count). The van der Waals surface area contributed by atoms with Crippen LogP contribution >= 0.6 is 0 Å². The van der Waals surface area contributed by atoms with Crippen LogP contribution in [0.15, 0.2) is 18.2 Å². The van der Waals surface area contributed by atoms with E-state index in [2.05, 4.69) is 5.92 Å². The first kappa shape index (κ1) is 10.9. The van der Waals surface area contributed by atoms with Crippen molar-refractivity contribution in [3.05, 3.63) is 34.9 Å². The van der Waals surface area contributed by atoms with Crippen LogP contribution in [0.4, 0.5) is 0 Å². The Morgan fingerprint density at radius 3 is 3.06 bits per heavy atom. The van der Waals surface area contributed by atoms with Crippen LogP contribution in [0.2, 0.25) is 0 Å². The Kier molecular flexibility index (Phi) is 2.80. The molecule has 0 amide bonds. The van der Waals surface area contributed by atoms with Crippen LogP contribution in [-0.2, 0) is 6.42 Å². The van der Waals surface area contributed by atoms with Gasteiger partial charge in [0.1, 0.15) is 0 Å². The largest absolute Gasteiger partial charge is 0.391 e. The molecule has 0 fully saturated rings. The summed E-state index contributed by atoms with van der Waals surface area (Å²) in [4.78, 5) is 12.0. The smallest absolute Gasteiger partial charge is 0.169 e. The molecule has 0 saturated heterocycles. The lowest BCUT2D eigenvalue weighted by molar-refractivity contribution is 0.0725. The molecule has 1 aromatic rings. The van der Waals surface area contributed by atoms with Crippen LogP contribution in [-0.4, -0.2) is 17.0 Å². The number of benzene rings is 1. The van der Waals surface area contributed by atoms with Crippen molar-refractivity contribution in [3.63, 3.8) is 0 Å². The lowest BCUT2D eigenvalue weighted by atomic mass is 9.96. The molecule has 0 saturated carbocycles. The van der Waals surface area contributed by atoms with Crippen molar-refractivity contribution in [3.8, 4) is 12.3 Å². The molecular weight excluding hydrogens is 200 g/mol. The van der Waals surface area contributed by atoms with Crippen LogP contribution < -0.4 is 0 Å². The van der Waals surface area contributed by atoms with Crippen LogP contribution in [0.25, 0.3) is 0 Å². The first-order chi connectivity index (χ1) is 7.63. The summed E-state index contributed by atoms with van der Waals surface area (Å²) in [6, 6.07) is 5.78. The summed E-state index contributed by atoms with van der Waals surface area (Å²) in [5.74, 6) is 2.07. The lowest BCUT2D eigenvalue weighted by Crippen LogP contribution is -2.25. The van der Waals surface area contributed by atoms with E-state index in [9.17, 15) is 9.90 Å². The maximum Gasteiger partial charge on any atom is 0.169 e. The Morgan fingerprint density at radius 1 is 1.62 bits per heavy atom. The molecule has 1 N–H and O–H groups in total. The fourth-order valence-electron chi connectivity index (χ4n) is 2.23. The van der Waals surface area contributed by atoms with Crippen molar-refractivity contribution in [1.82, 2.24) is 0 Å². The number of aliphatic hydroxyl groups excluding tert-OH is 1. The van der Waals surface area contributed by atoms with Gasteiger partial charge < -0.3 is 5.11 Å². The third-order valence-corrected chi connectivity index (χ3v) is 3.09. The molecule has 2 heteroatoms. The van der Waals surface area contributed by atoms with Gasteiger partial charge in [-0.15, -0.1) is 12.3 Å². The van der Waals surface area contributed by atoms with Gasteiger partial charge in [0.05, 0.1) is 12.0 Å². The zero-order valence-electron chi connectivity index (χ0n) is 9.23. The van der Waals surface area contributed by atoms with E-state index >= 15 is 0 Å². The van der Waals surface area contributed by atoms with Gasteiger partial charge in [0, 0.05) is 12.0 Å². The number of fused-ring (bicyclic) bond motifs is 1. The van der Waals surface area contributed by atoms with Crippen LogP contribution in [0.3, 0.4) is 0 Å².